The van der Waals surface area contributed by atoms with E-state index in [9.17, 15) is 8.42 Å². The summed E-state index contributed by atoms with van der Waals surface area (Å²) in [6.45, 7) is 2.55. The average Bonchev–Trinajstić information content (AvgIpc) is 2.55. The lowest BCUT2D eigenvalue weighted by molar-refractivity contribution is 0.311. The highest BCUT2D eigenvalue weighted by Gasteiger charge is 2.26. The van der Waals surface area contributed by atoms with Gasteiger partial charge in [0.15, 0.2) is 0 Å². The normalized spacial score (nSPS) is 17.2. The zero-order chi connectivity index (χ0) is 15.6. The summed E-state index contributed by atoms with van der Waals surface area (Å²) in [4.78, 5) is 0.405. The minimum atomic E-state index is -3.45. The third-order valence-electron chi connectivity index (χ3n) is 4.41. The van der Waals surface area contributed by atoms with E-state index in [1.807, 2.05) is 36.4 Å². The van der Waals surface area contributed by atoms with Crippen LogP contribution in [0.1, 0.15) is 12.8 Å². The van der Waals surface area contributed by atoms with Gasteiger partial charge in [-0.3, -0.25) is 0 Å². The first-order valence-corrected chi connectivity index (χ1v) is 9.18. The van der Waals surface area contributed by atoms with Gasteiger partial charge in [-0.1, -0.05) is 36.4 Å². The van der Waals surface area contributed by atoms with E-state index in [1.165, 1.54) is 4.31 Å². The van der Waals surface area contributed by atoms with Crippen molar-refractivity contribution in [2.75, 3.05) is 26.7 Å². The van der Waals surface area contributed by atoms with Gasteiger partial charge >= 0.3 is 0 Å². The lowest BCUT2D eigenvalue weighted by atomic mass is 9.98. The molecule has 0 spiro atoms. The second kappa shape index (κ2) is 6.36. The van der Waals surface area contributed by atoms with Gasteiger partial charge in [0.1, 0.15) is 0 Å². The fraction of sp³-hybridized carbons (Fsp3) is 0.412. The summed E-state index contributed by atoms with van der Waals surface area (Å²) >= 11 is 0. The molecule has 4 nitrogen and oxygen atoms in total. The molecule has 1 heterocycles. The molecular weight excluding hydrogens is 296 g/mol. The number of hydrogen-bond donors (Lipinski definition) is 1. The van der Waals surface area contributed by atoms with Crippen molar-refractivity contribution >= 4 is 20.8 Å². The minimum Gasteiger partial charge on any atom is -0.317 e. The SMILES string of the molecule is CN(CC1CCNCC1)S(=O)(=O)c1cccc2ccccc12. The molecule has 1 aliphatic rings. The van der Waals surface area contributed by atoms with Gasteiger partial charge in [-0.15, -0.1) is 0 Å². The van der Waals surface area contributed by atoms with Gasteiger partial charge in [0.2, 0.25) is 10.0 Å². The maximum Gasteiger partial charge on any atom is 0.243 e. The molecule has 1 fully saturated rings. The van der Waals surface area contributed by atoms with Crippen molar-refractivity contribution in [3.8, 4) is 0 Å². The van der Waals surface area contributed by atoms with Gasteiger partial charge in [-0.25, -0.2) is 12.7 Å². The molecule has 22 heavy (non-hydrogen) atoms. The summed E-state index contributed by atoms with van der Waals surface area (Å²) < 4.78 is 27.4. The number of sulfonamides is 1. The van der Waals surface area contributed by atoms with E-state index in [2.05, 4.69) is 5.32 Å². The Balaban J connectivity index is 1.90. The zero-order valence-electron chi connectivity index (χ0n) is 12.8. The van der Waals surface area contributed by atoms with E-state index in [-0.39, 0.29) is 0 Å². The molecule has 0 atom stereocenters. The number of nitrogens with one attached hydrogen (secondary N) is 1. The van der Waals surface area contributed by atoms with Crippen molar-refractivity contribution in [3.63, 3.8) is 0 Å². The molecule has 3 rings (SSSR count). The molecular formula is C17H22N2O2S. The van der Waals surface area contributed by atoms with Crippen molar-refractivity contribution in [1.82, 2.24) is 9.62 Å². The summed E-state index contributed by atoms with van der Waals surface area (Å²) in [6.07, 6.45) is 2.07. The topological polar surface area (TPSA) is 49.4 Å². The van der Waals surface area contributed by atoms with Crippen LogP contribution in [0, 0.1) is 5.92 Å². The molecule has 0 aromatic heterocycles. The van der Waals surface area contributed by atoms with E-state index in [1.54, 1.807) is 13.1 Å². The predicted octanol–water partition coefficient (Wildman–Crippen LogP) is 2.46. The van der Waals surface area contributed by atoms with Gasteiger partial charge in [0.05, 0.1) is 4.90 Å². The highest BCUT2D eigenvalue weighted by atomic mass is 32.2. The Hall–Kier alpha value is -1.43. The van der Waals surface area contributed by atoms with E-state index in [0.29, 0.717) is 17.4 Å². The number of benzene rings is 2. The lowest BCUT2D eigenvalue weighted by Gasteiger charge is -2.27. The molecule has 2 aromatic rings. The Morgan fingerprint density at radius 2 is 1.77 bits per heavy atom. The third-order valence-corrected chi connectivity index (χ3v) is 6.29. The van der Waals surface area contributed by atoms with Crippen LogP contribution in [-0.4, -0.2) is 39.4 Å². The molecule has 1 aliphatic heterocycles. The first-order valence-electron chi connectivity index (χ1n) is 7.74. The van der Waals surface area contributed by atoms with Gasteiger partial charge in [0, 0.05) is 19.0 Å². The Morgan fingerprint density at radius 3 is 2.55 bits per heavy atom. The maximum absolute atomic E-state index is 12.9. The zero-order valence-corrected chi connectivity index (χ0v) is 13.6. The molecule has 0 radical (unpaired) electrons. The molecule has 0 unspecified atom stereocenters. The molecule has 0 amide bonds. The smallest absolute Gasteiger partial charge is 0.243 e. The number of nitrogens with zero attached hydrogens (tertiary/aromatic N) is 1. The largest absolute Gasteiger partial charge is 0.317 e. The fourth-order valence-electron chi connectivity index (χ4n) is 3.11. The van der Waals surface area contributed by atoms with E-state index in [0.717, 1.165) is 36.7 Å². The van der Waals surface area contributed by atoms with E-state index >= 15 is 0 Å². The first kappa shape index (κ1) is 15.5. The highest BCUT2D eigenvalue weighted by Crippen LogP contribution is 2.26. The summed E-state index contributed by atoms with van der Waals surface area (Å²) in [5, 5.41) is 5.07. The molecule has 1 N–H and O–H groups in total. The molecule has 5 heteroatoms. The van der Waals surface area contributed by atoms with Gasteiger partial charge in [-0.05, 0) is 43.3 Å². The van der Waals surface area contributed by atoms with E-state index in [4.69, 9.17) is 0 Å². The van der Waals surface area contributed by atoms with Gasteiger partial charge < -0.3 is 5.32 Å². The second-order valence-corrected chi connectivity index (χ2v) is 7.97. The Labute approximate surface area is 132 Å². The van der Waals surface area contributed by atoms with Crippen LogP contribution in [0.2, 0.25) is 0 Å². The number of hydrogen-bond acceptors (Lipinski definition) is 3. The number of piperidine rings is 1. The standard InChI is InChI=1S/C17H22N2O2S/c1-19(13-14-9-11-18-12-10-14)22(20,21)17-8-4-6-15-5-2-3-7-16(15)17/h2-8,14,18H,9-13H2,1H3. The van der Waals surface area contributed by atoms with Crippen LogP contribution in [0.3, 0.4) is 0 Å². The average molecular weight is 318 g/mol. The van der Waals surface area contributed by atoms with Crippen molar-refractivity contribution in [2.45, 2.75) is 17.7 Å². The van der Waals surface area contributed by atoms with Crippen LogP contribution in [0.5, 0.6) is 0 Å². The summed E-state index contributed by atoms with van der Waals surface area (Å²) in [5.41, 5.74) is 0. The van der Waals surface area contributed by atoms with Crippen LogP contribution in [-0.2, 0) is 10.0 Å². The highest BCUT2D eigenvalue weighted by molar-refractivity contribution is 7.89. The quantitative estimate of drug-likeness (QED) is 0.942. The molecule has 0 saturated carbocycles. The monoisotopic (exact) mass is 318 g/mol. The number of rotatable bonds is 4. The minimum absolute atomic E-state index is 0.405. The van der Waals surface area contributed by atoms with Crippen LogP contribution in [0.15, 0.2) is 47.4 Å². The van der Waals surface area contributed by atoms with Gasteiger partial charge in [-0.2, -0.15) is 0 Å². The molecule has 118 valence electrons. The predicted molar refractivity (Wildman–Crippen MR) is 89.4 cm³/mol. The van der Waals surface area contributed by atoms with Crippen molar-refractivity contribution < 1.29 is 8.42 Å². The molecule has 2 aromatic carbocycles. The van der Waals surface area contributed by atoms with Crippen LogP contribution < -0.4 is 5.32 Å². The first-order chi connectivity index (χ1) is 10.6. The Kier molecular flexibility index (Phi) is 4.47. The molecule has 0 aliphatic carbocycles. The molecule has 0 bridgehead atoms. The van der Waals surface area contributed by atoms with Crippen LogP contribution >= 0.6 is 0 Å². The number of fused-ring (bicyclic) bond motifs is 1. The Bertz CT molecular complexity index is 747. The third kappa shape index (κ3) is 3.02. The van der Waals surface area contributed by atoms with Crippen molar-refractivity contribution in [1.29, 1.82) is 0 Å². The fourth-order valence-corrected chi connectivity index (χ4v) is 4.57. The van der Waals surface area contributed by atoms with Crippen LogP contribution in [0.4, 0.5) is 0 Å². The second-order valence-electron chi connectivity index (χ2n) is 5.96. The van der Waals surface area contributed by atoms with Crippen molar-refractivity contribution in [2.24, 2.45) is 5.92 Å². The van der Waals surface area contributed by atoms with Crippen LogP contribution in [0.25, 0.3) is 10.8 Å². The van der Waals surface area contributed by atoms with Gasteiger partial charge in [0.25, 0.3) is 0 Å². The van der Waals surface area contributed by atoms with E-state index < -0.39 is 10.0 Å². The summed E-state index contributed by atoms with van der Waals surface area (Å²) in [7, 11) is -1.76. The van der Waals surface area contributed by atoms with Crippen molar-refractivity contribution in [3.05, 3.63) is 42.5 Å². The summed E-state index contributed by atoms with van der Waals surface area (Å²) in [5.74, 6) is 0.441. The lowest BCUT2D eigenvalue weighted by Crippen LogP contribution is -2.37. The maximum atomic E-state index is 12.9. The molecule has 1 saturated heterocycles. The summed E-state index contributed by atoms with van der Waals surface area (Å²) in [6, 6.07) is 13.1. The Morgan fingerprint density at radius 1 is 1.09 bits per heavy atom.